The molecule has 3 nitrogen and oxygen atoms in total. The van der Waals surface area contributed by atoms with Gasteiger partial charge in [-0.15, -0.1) is 0 Å². The summed E-state index contributed by atoms with van der Waals surface area (Å²) >= 11 is 0. The van der Waals surface area contributed by atoms with Gasteiger partial charge in [-0.3, -0.25) is 0 Å². The third kappa shape index (κ3) is 2.14. The van der Waals surface area contributed by atoms with Gasteiger partial charge in [0.2, 0.25) is 0 Å². The maximum Gasteiger partial charge on any atom is 0.143 e. The first-order valence-electron chi connectivity index (χ1n) is 7.06. The average Bonchev–Trinajstić information content (AvgIpc) is 2.79. The first kappa shape index (κ1) is 13.0. The zero-order valence-corrected chi connectivity index (χ0v) is 12.0. The Morgan fingerprint density at radius 1 is 1.05 bits per heavy atom. The molecule has 0 radical (unpaired) electrons. The average molecular weight is 268 g/mol. The SMILES string of the molecule is CNCCCOc1cccc2c3ccccc3n(C)c12. The summed E-state index contributed by atoms with van der Waals surface area (Å²) in [5.41, 5.74) is 2.42. The van der Waals surface area contributed by atoms with Crippen molar-refractivity contribution in [3.63, 3.8) is 0 Å². The summed E-state index contributed by atoms with van der Waals surface area (Å²) in [6, 6.07) is 14.8. The number of hydrogen-bond donors (Lipinski definition) is 1. The second-order valence-corrected chi connectivity index (χ2v) is 5.03. The van der Waals surface area contributed by atoms with E-state index >= 15 is 0 Å². The summed E-state index contributed by atoms with van der Waals surface area (Å²) in [6.45, 7) is 1.71. The number of fused-ring (bicyclic) bond motifs is 3. The lowest BCUT2D eigenvalue weighted by molar-refractivity contribution is 0.312. The van der Waals surface area contributed by atoms with Gasteiger partial charge >= 0.3 is 0 Å². The number of nitrogens with zero attached hydrogens (tertiary/aromatic N) is 1. The fourth-order valence-corrected chi connectivity index (χ4v) is 2.75. The van der Waals surface area contributed by atoms with E-state index in [2.05, 4.69) is 59.4 Å². The van der Waals surface area contributed by atoms with Gasteiger partial charge in [-0.1, -0.05) is 30.3 Å². The van der Waals surface area contributed by atoms with Gasteiger partial charge in [0.05, 0.1) is 12.1 Å². The lowest BCUT2D eigenvalue weighted by Crippen LogP contribution is -2.11. The van der Waals surface area contributed by atoms with E-state index in [1.807, 2.05) is 7.05 Å². The van der Waals surface area contributed by atoms with Gasteiger partial charge in [-0.25, -0.2) is 0 Å². The predicted octanol–water partition coefficient (Wildman–Crippen LogP) is 3.32. The molecule has 0 unspecified atom stereocenters. The maximum absolute atomic E-state index is 5.97. The van der Waals surface area contributed by atoms with Crippen molar-refractivity contribution in [1.29, 1.82) is 0 Å². The third-order valence-electron chi connectivity index (χ3n) is 3.72. The van der Waals surface area contributed by atoms with Gasteiger partial charge in [-0.2, -0.15) is 0 Å². The van der Waals surface area contributed by atoms with E-state index < -0.39 is 0 Å². The number of ether oxygens (including phenoxy) is 1. The molecule has 1 aromatic heterocycles. The maximum atomic E-state index is 5.97. The topological polar surface area (TPSA) is 26.2 Å². The number of rotatable bonds is 5. The van der Waals surface area contributed by atoms with Crippen molar-refractivity contribution in [2.24, 2.45) is 7.05 Å². The normalized spacial score (nSPS) is 11.3. The van der Waals surface area contributed by atoms with E-state index in [4.69, 9.17) is 4.74 Å². The van der Waals surface area contributed by atoms with E-state index in [-0.39, 0.29) is 0 Å². The highest BCUT2D eigenvalue weighted by Gasteiger charge is 2.11. The van der Waals surface area contributed by atoms with Crippen LogP contribution in [0.2, 0.25) is 0 Å². The quantitative estimate of drug-likeness (QED) is 0.718. The Kier molecular flexibility index (Phi) is 3.61. The van der Waals surface area contributed by atoms with Crippen molar-refractivity contribution < 1.29 is 4.74 Å². The molecule has 0 amide bonds. The Bertz CT molecular complexity index is 730. The van der Waals surface area contributed by atoms with Crippen LogP contribution in [0.25, 0.3) is 21.8 Å². The Labute approximate surface area is 119 Å². The second-order valence-electron chi connectivity index (χ2n) is 5.03. The van der Waals surface area contributed by atoms with Gasteiger partial charge in [-0.05, 0) is 32.1 Å². The van der Waals surface area contributed by atoms with Crippen molar-refractivity contribution in [3.05, 3.63) is 42.5 Å². The molecule has 0 spiro atoms. The lowest BCUT2D eigenvalue weighted by Gasteiger charge is -2.09. The molecule has 0 aliphatic carbocycles. The fourth-order valence-electron chi connectivity index (χ4n) is 2.75. The summed E-state index contributed by atoms with van der Waals surface area (Å²) in [7, 11) is 4.07. The Hall–Kier alpha value is -2.00. The summed E-state index contributed by atoms with van der Waals surface area (Å²) in [5.74, 6) is 0.970. The van der Waals surface area contributed by atoms with Crippen LogP contribution >= 0.6 is 0 Å². The molecule has 0 saturated heterocycles. The van der Waals surface area contributed by atoms with Crippen LogP contribution < -0.4 is 10.1 Å². The molecule has 20 heavy (non-hydrogen) atoms. The molecule has 0 saturated carbocycles. The molecule has 3 rings (SSSR count). The summed E-state index contributed by atoms with van der Waals surface area (Å²) in [4.78, 5) is 0. The molecular formula is C17H20N2O. The summed E-state index contributed by atoms with van der Waals surface area (Å²) in [6.07, 6.45) is 1.01. The first-order chi connectivity index (χ1) is 9.83. The molecule has 2 aromatic carbocycles. The summed E-state index contributed by atoms with van der Waals surface area (Å²) < 4.78 is 8.19. The minimum absolute atomic E-state index is 0.738. The van der Waals surface area contributed by atoms with Crippen LogP contribution in [0.4, 0.5) is 0 Å². The Morgan fingerprint density at radius 2 is 1.85 bits per heavy atom. The number of aromatic nitrogens is 1. The van der Waals surface area contributed by atoms with Crippen LogP contribution in [-0.4, -0.2) is 24.8 Å². The monoisotopic (exact) mass is 268 g/mol. The number of hydrogen-bond acceptors (Lipinski definition) is 2. The van der Waals surface area contributed by atoms with Crippen LogP contribution in [0.3, 0.4) is 0 Å². The zero-order valence-electron chi connectivity index (χ0n) is 12.0. The van der Waals surface area contributed by atoms with Gasteiger partial charge in [0.1, 0.15) is 5.75 Å². The highest BCUT2D eigenvalue weighted by atomic mass is 16.5. The molecule has 0 atom stereocenters. The van der Waals surface area contributed by atoms with Crippen LogP contribution in [-0.2, 0) is 7.05 Å². The minimum atomic E-state index is 0.738. The van der Waals surface area contributed by atoms with E-state index in [0.29, 0.717) is 0 Å². The standard InChI is InChI=1S/C17H20N2O/c1-18-11-6-12-20-16-10-5-8-14-13-7-3-4-9-15(13)19(2)17(14)16/h3-5,7-10,18H,6,11-12H2,1-2H3. The molecule has 0 fully saturated rings. The number of benzene rings is 2. The molecule has 0 bridgehead atoms. The second kappa shape index (κ2) is 5.55. The molecular weight excluding hydrogens is 248 g/mol. The van der Waals surface area contributed by atoms with Crippen LogP contribution in [0.5, 0.6) is 5.75 Å². The van der Waals surface area contributed by atoms with Gasteiger partial charge in [0.25, 0.3) is 0 Å². The number of nitrogens with one attached hydrogen (secondary N) is 1. The predicted molar refractivity (Wildman–Crippen MR) is 84.5 cm³/mol. The molecule has 104 valence electrons. The molecule has 3 heteroatoms. The molecule has 0 aliphatic rings. The number of aryl methyl sites for hydroxylation is 1. The van der Waals surface area contributed by atoms with E-state index in [0.717, 1.165) is 25.3 Å². The molecule has 3 aromatic rings. The van der Waals surface area contributed by atoms with Gasteiger partial charge in [0, 0.05) is 23.3 Å². The van der Waals surface area contributed by atoms with Crippen molar-refractivity contribution in [3.8, 4) is 5.75 Å². The van der Waals surface area contributed by atoms with Crippen LogP contribution in [0, 0.1) is 0 Å². The fraction of sp³-hybridized carbons (Fsp3) is 0.294. The highest BCUT2D eigenvalue weighted by Crippen LogP contribution is 2.33. The van der Waals surface area contributed by atoms with Crippen molar-refractivity contribution >= 4 is 21.8 Å². The van der Waals surface area contributed by atoms with Gasteiger partial charge in [0.15, 0.2) is 0 Å². The Balaban J connectivity index is 2.05. The highest BCUT2D eigenvalue weighted by molar-refractivity contribution is 6.09. The molecule has 0 aliphatic heterocycles. The third-order valence-corrected chi connectivity index (χ3v) is 3.72. The van der Waals surface area contributed by atoms with E-state index in [1.54, 1.807) is 0 Å². The van der Waals surface area contributed by atoms with Crippen molar-refractivity contribution in [2.75, 3.05) is 20.2 Å². The smallest absolute Gasteiger partial charge is 0.143 e. The first-order valence-corrected chi connectivity index (χ1v) is 7.06. The lowest BCUT2D eigenvalue weighted by atomic mass is 10.1. The van der Waals surface area contributed by atoms with Crippen LogP contribution in [0.15, 0.2) is 42.5 Å². The van der Waals surface area contributed by atoms with Gasteiger partial charge < -0.3 is 14.6 Å². The van der Waals surface area contributed by atoms with Crippen molar-refractivity contribution in [2.45, 2.75) is 6.42 Å². The minimum Gasteiger partial charge on any atom is -0.491 e. The zero-order chi connectivity index (χ0) is 13.9. The largest absolute Gasteiger partial charge is 0.491 e. The van der Waals surface area contributed by atoms with Crippen LogP contribution in [0.1, 0.15) is 6.42 Å². The molecule has 1 N–H and O–H groups in total. The molecule has 1 heterocycles. The number of para-hydroxylation sites is 2. The summed E-state index contributed by atoms with van der Waals surface area (Å²) in [5, 5.41) is 5.68. The van der Waals surface area contributed by atoms with E-state index in [1.165, 1.54) is 21.8 Å². The Morgan fingerprint density at radius 3 is 2.70 bits per heavy atom. The van der Waals surface area contributed by atoms with E-state index in [9.17, 15) is 0 Å². The van der Waals surface area contributed by atoms with Crippen molar-refractivity contribution in [1.82, 2.24) is 9.88 Å².